The number of hydrogen-bond donors (Lipinski definition) is 1. The predicted octanol–water partition coefficient (Wildman–Crippen LogP) is 4.77. The van der Waals surface area contributed by atoms with Crippen molar-refractivity contribution in [3.8, 4) is 17.1 Å². The Morgan fingerprint density at radius 2 is 1.71 bits per heavy atom. The van der Waals surface area contributed by atoms with Crippen molar-refractivity contribution in [1.29, 1.82) is 0 Å². The van der Waals surface area contributed by atoms with Crippen molar-refractivity contribution in [3.63, 3.8) is 0 Å². The molecule has 0 radical (unpaired) electrons. The van der Waals surface area contributed by atoms with E-state index in [4.69, 9.17) is 4.98 Å². The highest BCUT2D eigenvalue weighted by Gasteiger charge is 2.13. The van der Waals surface area contributed by atoms with E-state index in [0.717, 1.165) is 29.0 Å². The highest BCUT2D eigenvalue weighted by Crippen LogP contribution is 2.28. The molecule has 4 aromatic rings. The average Bonchev–Trinajstić information content (AvgIpc) is 2.96. The van der Waals surface area contributed by atoms with E-state index in [9.17, 15) is 5.11 Å². The zero-order valence-corrected chi connectivity index (χ0v) is 13.5. The Bertz CT molecular complexity index is 1020. The Kier molecular flexibility index (Phi) is 3.54. The van der Waals surface area contributed by atoms with Gasteiger partial charge in [0, 0.05) is 12.1 Å². The number of aromatic nitrogens is 2. The van der Waals surface area contributed by atoms with Crippen LogP contribution in [-0.4, -0.2) is 14.7 Å². The van der Waals surface area contributed by atoms with Gasteiger partial charge in [0.25, 0.3) is 0 Å². The quantitative estimate of drug-likeness (QED) is 0.592. The Morgan fingerprint density at radius 3 is 2.54 bits per heavy atom. The van der Waals surface area contributed by atoms with Crippen LogP contribution in [0.4, 0.5) is 0 Å². The molecule has 0 saturated carbocycles. The summed E-state index contributed by atoms with van der Waals surface area (Å²) in [5.41, 5.74) is 5.50. The second-order valence-electron chi connectivity index (χ2n) is 5.99. The van der Waals surface area contributed by atoms with Crippen molar-refractivity contribution in [2.45, 2.75) is 13.5 Å². The summed E-state index contributed by atoms with van der Waals surface area (Å²) in [6.07, 6.45) is 0. The van der Waals surface area contributed by atoms with Crippen LogP contribution in [0.5, 0.6) is 5.75 Å². The zero-order valence-electron chi connectivity index (χ0n) is 13.5. The molecule has 0 atom stereocenters. The number of rotatable bonds is 3. The fourth-order valence-corrected chi connectivity index (χ4v) is 3.06. The number of phenolic OH excluding ortho intramolecular Hbond substituents is 1. The van der Waals surface area contributed by atoms with E-state index in [1.165, 1.54) is 11.1 Å². The first-order chi connectivity index (χ1) is 11.7. The number of phenols is 1. The molecule has 1 aromatic heterocycles. The van der Waals surface area contributed by atoms with E-state index < -0.39 is 0 Å². The van der Waals surface area contributed by atoms with Crippen LogP contribution in [0.25, 0.3) is 22.4 Å². The highest BCUT2D eigenvalue weighted by atomic mass is 16.3. The maximum absolute atomic E-state index is 9.84. The molecule has 1 heterocycles. The second-order valence-corrected chi connectivity index (χ2v) is 5.99. The van der Waals surface area contributed by atoms with E-state index >= 15 is 0 Å². The smallest absolute Gasteiger partial charge is 0.141 e. The Balaban J connectivity index is 1.92. The van der Waals surface area contributed by atoms with Gasteiger partial charge < -0.3 is 9.67 Å². The third-order valence-electron chi connectivity index (χ3n) is 4.35. The number of imidazole rings is 1. The van der Waals surface area contributed by atoms with Gasteiger partial charge in [0.2, 0.25) is 0 Å². The fraction of sp³-hybridized carbons (Fsp3) is 0.0952. The van der Waals surface area contributed by atoms with Gasteiger partial charge in [-0.25, -0.2) is 4.98 Å². The summed E-state index contributed by atoms with van der Waals surface area (Å²) in [5.74, 6) is 1.12. The van der Waals surface area contributed by atoms with Crippen LogP contribution in [0.15, 0.2) is 72.8 Å². The first kappa shape index (κ1) is 14.5. The third kappa shape index (κ3) is 2.54. The van der Waals surface area contributed by atoms with Gasteiger partial charge in [0.15, 0.2) is 0 Å². The number of fused-ring (bicyclic) bond motifs is 1. The van der Waals surface area contributed by atoms with Gasteiger partial charge in [-0.3, -0.25) is 0 Å². The molecule has 3 aromatic carbocycles. The van der Waals surface area contributed by atoms with Crippen molar-refractivity contribution < 1.29 is 5.11 Å². The molecule has 0 aliphatic heterocycles. The first-order valence-electron chi connectivity index (χ1n) is 8.01. The molecule has 4 rings (SSSR count). The van der Waals surface area contributed by atoms with Crippen LogP contribution in [0.1, 0.15) is 11.1 Å². The SMILES string of the molecule is Cc1ccccc1Cn1c(-c2cccc(O)c2)nc2ccccc21. The summed E-state index contributed by atoms with van der Waals surface area (Å²) in [5, 5.41) is 9.84. The van der Waals surface area contributed by atoms with Crippen molar-refractivity contribution in [2.24, 2.45) is 0 Å². The number of aryl methyl sites for hydroxylation is 1. The molecule has 24 heavy (non-hydrogen) atoms. The number of benzene rings is 3. The molecule has 0 unspecified atom stereocenters. The van der Waals surface area contributed by atoms with Gasteiger partial charge in [0.05, 0.1) is 11.0 Å². The van der Waals surface area contributed by atoms with Crippen LogP contribution >= 0.6 is 0 Å². The van der Waals surface area contributed by atoms with E-state index in [1.54, 1.807) is 12.1 Å². The molecule has 0 bridgehead atoms. The van der Waals surface area contributed by atoms with E-state index in [2.05, 4.69) is 41.8 Å². The topological polar surface area (TPSA) is 38.0 Å². The highest BCUT2D eigenvalue weighted by molar-refractivity contribution is 5.81. The van der Waals surface area contributed by atoms with Crippen LogP contribution in [0.2, 0.25) is 0 Å². The lowest BCUT2D eigenvalue weighted by molar-refractivity contribution is 0.475. The van der Waals surface area contributed by atoms with Crippen molar-refractivity contribution in [2.75, 3.05) is 0 Å². The van der Waals surface area contributed by atoms with Gasteiger partial charge >= 0.3 is 0 Å². The van der Waals surface area contributed by atoms with Crippen LogP contribution in [0, 0.1) is 6.92 Å². The van der Waals surface area contributed by atoms with Crippen LogP contribution < -0.4 is 0 Å². The number of para-hydroxylation sites is 2. The predicted molar refractivity (Wildman–Crippen MR) is 97.1 cm³/mol. The molecule has 0 saturated heterocycles. The minimum Gasteiger partial charge on any atom is -0.508 e. The number of nitrogens with zero attached hydrogens (tertiary/aromatic N) is 2. The van der Waals surface area contributed by atoms with E-state index in [0.29, 0.717) is 0 Å². The second kappa shape index (κ2) is 5.85. The minimum atomic E-state index is 0.252. The summed E-state index contributed by atoms with van der Waals surface area (Å²) < 4.78 is 2.21. The molecule has 0 amide bonds. The van der Waals surface area contributed by atoms with Gasteiger partial charge in [-0.1, -0.05) is 48.5 Å². The van der Waals surface area contributed by atoms with Crippen molar-refractivity contribution >= 4 is 11.0 Å². The Morgan fingerprint density at radius 1 is 0.917 bits per heavy atom. The monoisotopic (exact) mass is 314 g/mol. The molecule has 118 valence electrons. The molecule has 0 aliphatic rings. The zero-order chi connectivity index (χ0) is 16.5. The summed E-state index contributed by atoms with van der Waals surface area (Å²) in [6.45, 7) is 2.88. The number of aromatic hydroxyl groups is 1. The van der Waals surface area contributed by atoms with Crippen molar-refractivity contribution in [3.05, 3.63) is 83.9 Å². The maximum atomic E-state index is 9.84. The maximum Gasteiger partial charge on any atom is 0.141 e. The van der Waals surface area contributed by atoms with Gasteiger partial charge in [-0.05, 0) is 42.3 Å². The number of hydrogen-bond acceptors (Lipinski definition) is 2. The van der Waals surface area contributed by atoms with Gasteiger partial charge in [0.1, 0.15) is 11.6 Å². The molecule has 1 N–H and O–H groups in total. The van der Waals surface area contributed by atoms with Gasteiger partial charge in [-0.15, -0.1) is 0 Å². The lowest BCUT2D eigenvalue weighted by Gasteiger charge is -2.12. The molecule has 0 aliphatic carbocycles. The average molecular weight is 314 g/mol. The Hall–Kier alpha value is -3.07. The van der Waals surface area contributed by atoms with E-state index in [-0.39, 0.29) is 5.75 Å². The van der Waals surface area contributed by atoms with Gasteiger partial charge in [-0.2, -0.15) is 0 Å². The molecular formula is C21H18N2O. The molecule has 3 heteroatoms. The Labute approximate surface area is 140 Å². The third-order valence-corrected chi connectivity index (χ3v) is 4.35. The first-order valence-corrected chi connectivity index (χ1v) is 8.01. The fourth-order valence-electron chi connectivity index (χ4n) is 3.06. The lowest BCUT2D eigenvalue weighted by atomic mass is 10.1. The molecule has 0 fully saturated rings. The molecule has 0 spiro atoms. The summed E-state index contributed by atoms with van der Waals surface area (Å²) >= 11 is 0. The normalized spacial score (nSPS) is 11.0. The largest absolute Gasteiger partial charge is 0.508 e. The van der Waals surface area contributed by atoms with E-state index in [1.807, 2.05) is 30.3 Å². The van der Waals surface area contributed by atoms with Crippen molar-refractivity contribution in [1.82, 2.24) is 9.55 Å². The summed E-state index contributed by atoms with van der Waals surface area (Å²) in [7, 11) is 0. The minimum absolute atomic E-state index is 0.252. The standard InChI is InChI=1S/C21H18N2O/c1-15-7-2-3-8-17(15)14-23-20-12-5-4-11-19(20)22-21(23)16-9-6-10-18(24)13-16/h2-13,24H,14H2,1H3. The molecule has 3 nitrogen and oxygen atoms in total. The summed E-state index contributed by atoms with van der Waals surface area (Å²) in [6, 6.07) is 23.8. The van der Waals surface area contributed by atoms with Crippen LogP contribution in [-0.2, 0) is 6.54 Å². The van der Waals surface area contributed by atoms with Crippen LogP contribution in [0.3, 0.4) is 0 Å². The summed E-state index contributed by atoms with van der Waals surface area (Å²) in [4.78, 5) is 4.80. The molecular weight excluding hydrogens is 296 g/mol. The lowest BCUT2D eigenvalue weighted by Crippen LogP contribution is -2.03.